The summed E-state index contributed by atoms with van der Waals surface area (Å²) in [4.78, 5) is 12.2. The van der Waals surface area contributed by atoms with E-state index in [-0.39, 0.29) is 5.69 Å². The van der Waals surface area contributed by atoms with Crippen molar-refractivity contribution in [1.29, 1.82) is 5.26 Å². The third kappa shape index (κ3) is 4.50. The number of amides is 1. The molecule has 0 aliphatic rings. The molecule has 0 saturated carbocycles. The van der Waals surface area contributed by atoms with Crippen molar-refractivity contribution in [2.24, 2.45) is 0 Å². The number of nitrogens with zero attached hydrogens (tertiary/aromatic N) is 1. The molecular formula is C22H17FN2O2. The van der Waals surface area contributed by atoms with Gasteiger partial charge in [0.1, 0.15) is 11.6 Å². The number of para-hydroxylation sites is 1. The zero-order chi connectivity index (χ0) is 19.2. The van der Waals surface area contributed by atoms with Crippen LogP contribution in [0.1, 0.15) is 12.5 Å². The molecule has 0 aliphatic carbocycles. The molecule has 0 heterocycles. The van der Waals surface area contributed by atoms with E-state index in [9.17, 15) is 9.18 Å². The van der Waals surface area contributed by atoms with Gasteiger partial charge in [0.15, 0.2) is 6.10 Å². The minimum absolute atomic E-state index is 0.120. The Labute approximate surface area is 156 Å². The molecule has 1 N–H and O–H groups in total. The summed E-state index contributed by atoms with van der Waals surface area (Å²) in [6.45, 7) is 1.60. The molecule has 1 amide bonds. The van der Waals surface area contributed by atoms with Crippen molar-refractivity contribution in [1.82, 2.24) is 0 Å². The van der Waals surface area contributed by atoms with Crippen LogP contribution in [0.4, 0.5) is 10.1 Å². The normalized spacial score (nSPS) is 11.3. The second-order valence-corrected chi connectivity index (χ2v) is 5.94. The lowest BCUT2D eigenvalue weighted by molar-refractivity contribution is -0.122. The van der Waals surface area contributed by atoms with Crippen LogP contribution in [0, 0.1) is 17.1 Å². The highest BCUT2D eigenvalue weighted by molar-refractivity contribution is 5.94. The second kappa shape index (κ2) is 8.15. The monoisotopic (exact) mass is 360 g/mol. The fourth-order valence-electron chi connectivity index (χ4n) is 2.52. The van der Waals surface area contributed by atoms with Gasteiger partial charge >= 0.3 is 0 Å². The topological polar surface area (TPSA) is 62.1 Å². The van der Waals surface area contributed by atoms with E-state index in [1.807, 2.05) is 24.3 Å². The number of nitriles is 1. The lowest BCUT2D eigenvalue weighted by Gasteiger charge is -2.15. The van der Waals surface area contributed by atoms with Crippen LogP contribution in [0.5, 0.6) is 5.75 Å². The average Bonchev–Trinajstić information content (AvgIpc) is 2.70. The Balaban J connectivity index is 1.64. The van der Waals surface area contributed by atoms with Crippen LogP contribution in [-0.2, 0) is 4.79 Å². The zero-order valence-corrected chi connectivity index (χ0v) is 14.6. The van der Waals surface area contributed by atoms with Crippen molar-refractivity contribution < 1.29 is 13.9 Å². The molecule has 1 atom stereocenters. The van der Waals surface area contributed by atoms with Crippen LogP contribution in [0.2, 0.25) is 0 Å². The molecular weight excluding hydrogens is 343 g/mol. The van der Waals surface area contributed by atoms with Crippen LogP contribution >= 0.6 is 0 Å². The quantitative estimate of drug-likeness (QED) is 0.713. The Morgan fingerprint density at radius 2 is 1.59 bits per heavy atom. The van der Waals surface area contributed by atoms with Crippen molar-refractivity contribution >= 4 is 11.6 Å². The van der Waals surface area contributed by atoms with Gasteiger partial charge in [-0.3, -0.25) is 4.79 Å². The first-order valence-electron chi connectivity index (χ1n) is 8.39. The van der Waals surface area contributed by atoms with Crippen molar-refractivity contribution in [2.75, 3.05) is 5.32 Å². The number of benzene rings is 3. The summed E-state index contributed by atoms with van der Waals surface area (Å²) in [5, 5.41) is 11.4. The molecule has 3 rings (SSSR count). The van der Waals surface area contributed by atoms with E-state index in [4.69, 9.17) is 10.00 Å². The fraction of sp³-hybridized carbons (Fsp3) is 0.0909. The third-order valence-electron chi connectivity index (χ3n) is 4.02. The standard InChI is InChI=1S/C22H17FN2O2/c1-15(22(26)25-21-5-3-2-4-20(21)23)27-19-12-10-18(11-13-19)17-8-6-16(14-24)7-9-17/h2-13,15H,1H3,(H,25,26)/t15-/m0/s1. The fourth-order valence-corrected chi connectivity index (χ4v) is 2.52. The molecule has 4 nitrogen and oxygen atoms in total. The van der Waals surface area contributed by atoms with Gasteiger partial charge in [0, 0.05) is 0 Å². The van der Waals surface area contributed by atoms with Gasteiger partial charge in [-0.1, -0.05) is 36.4 Å². The van der Waals surface area contributed by atoms with Gasteiger partial charge in [-0.15, -0.1) is 0 Å². The number of carbonyl (C=O) groups is 1. The summed E-state index contributed by atoms with van der Waals surface area (Å²) in [5.74, 6) is -0.398. The molecule has 0 spiro atoms. The summed E-state index contributed by atoms with van der Waals surface area (Å²) in [5.41, 5.74) is 2.67. The van der Waals surface area contributed by atoms with E-state index in [0.29, 0.717) is 11.3 Å². The van der Waals surface area contributed by atoms with Crippen LogP contribution in [0.3, 0.4) is 0 Å². The van der Waals surface area contributed by atoms with Crippen molar-refractivity contribution in [3.8, 4) is 22.9 Å². The number of carbonyl (C=O) groups excluding carboxylic acids is 1. The SMILES string of the molecule is C[C@H](Oc1ccc(-c2ccc(C#N)cc2)cc1)C(=O)Nc1ccccc1F. The van der Waals surface area contributed by atoms with Gasteiger partial charge in [-0.25, -0.2) is 4.39 Å². The number of hydrogen-bond donors (Lipinski definition) is 1. The minimum Gasteiger partial charge on any atom is -0.481 e. The maximum atomic E-state index is 13.6. The first-order valence-corrected chi connectivity index (χ1v) is 8.39. The number of rotatable bonds is 5. The molecule has 5 heteroatoms. The number of hydrogen-bond acceptors (Lipinski definition) is 3. The van der Waals surface area contributed by atoms with Crippen molar-refractivity contribution in [3.05, 3.63) is 84.2 Å². The first kappa shape index (κ1) is 18.2. The van der Waals surface area contributed by atoms with E-state index < -0.39 is 17.8 Å². The predicted molar refractivity (Wildman–Crippen MR) is 102 cm³/mol. The van der Waals surface area contributed by atoms with Crippen LogP contribution in [0.25, 0.3) is 11.1 Å². The summed E-state index contributed by atoms with van der Waals surface area (Å²) in [6, 6.07) is 22.6. The number of anilines is 1. The number of halogens is 1. The molecule has 0 saturated heterocycles. The molecule has 0 fully saturated rings. The smallest absolute Gasteiger partial charge is 0.265 e. The van der Waals surface area contributed by atoms with E-state index in [0.717, 1.165) is 11.1 Å². The first-order chi connectivity index (χ1) is 13.1. The highest BCUT2D eigenvalue weighted by Crippen LogP contribution is 2.23. The van der Waals surface area contributed by atoms with Crippen LogP contribution in [0.15, 0.2) is 72.8 Å². The molecule has 0 unspecified atom stereocenters. The highest BCUT2D eigenvalue weighted by Gasteiger charge is 2.16. The molecule has 27 heavy (non-hydrogen) atoms. The van der Waals surface area contributed by atoms with Crippen molar-refractivity contribution in [2.45, 2.75) is 13.0 Å². The Hall–Kier alpha value is -3.65. The lowest BCUT2D eigenvalue weighted by Crippen LogP contribution is -2.30. The Morgan fingerprint density at radius 3 is 2.19 bits per heavy atom. The van der Waals surface area contributed by atoms with E-state index in [1.165, 1.54) is 12.1 Å². The van der Waals surface area contributed by atoms with Gasteiger partial charge < -0.3 is 10.1 Å². The highest BCUT2D eigenvalue weighted by atomic mass is 19.1. The molecule has 134 valence electrons. The summed E-state index contributed by atoms with van der Waals surface area (Å²) < 4.78 is 19.3. The summed E-state index contributed by atoms with van der Waals surface area (Å²) >= 11 is 0. The Bertz CT molecular complexity index is 976. The molecule has 0 aromatic heterocycles. The van der Waals surface area contributed by atoms with E-state index >= 15 is 0 Å². The number of ether oxygens (including phenoxy) is 1. The largest absolute Gasteiger partial charge is 0.481 e. The van der Waals surface area contributed by atoms with E-state index in [1.54, 1.807) is 43.3 Å². The molecule has 0 bridgehead atoms. The van der Waals surface area contributed by atoms with Crippen molar-refractivity contribution in [3.63, 3.8) is 0 Å². The van der Waals surface area contributed by atoms with Crippen LogP contribution < -0.4 is 10.1 Å². The van der Waals surface area contributed by atoms with Crippen LogP contribution in [-0.4, -0.2) is 12.0 Å². The second-order valence-electron chi connectivity index (χ2n) is 5.94. The third-order valence-corrected chi connectivity index (χ3v) is 4.02. The molecule has 0 aliphatic heterocycles. The zero-order valence-electron chi connectivity index (χ0n) is 14.6. The maximum absolute atomic E-state index is 13.6. The van der Waals surface area contributed by atoms with Gasteiger partial charge in [0.05, 0.1) is 17.3 Å². The summed E-state index contributed by atoms with van der Waals surface area (Å²) in [7, 11) is 0. The van der Waals surface area contributed by atoms with Gasteiger partial charge in [0.25, 0.3) is 5.91 Å². The number of nitrogens with one attached hydrogen (secondary N) is 1. The van der Waals surface area contributed by atoms with Gasteiger partial charge in [-0.2, -0.15) is 5.26 Å². The molecule has 3 aromatic carbocycles. The average molecular weight is 360 g/mol. The maximum Gasteiger partial charge on any atom is 0.265 e. The molecule has 3 aromatic rings. The van der Waals surface area contributed by atoms with Gasteiger partial charge in [0.2, 0.25) is 0 Å². The Kier molecular flexibility index (Phi) is 5.48. The lowest BCUT2D eigenvalue weighted by atomic mass is 10.0. The molecule has 0 radical (unpaired) electrons. The minimum atomic E-state index is -0.787. The Morgan fingerprint density at radius 1 is 1.00 bits per heavy atom. The van der Waals surface area contributed by atoms with Gasteiger partial charge in [-0.05, 0) is 54.4 Å². The summed E-state index contributed by atoms with van der Waals surface area (Å²) in [6.07, 6.45) is -0.787. The predicted octanol–water partition coefficient (Wildman–Crippen LogP) is 4.77. The van der Waals surface area contributed by atoms with E-state index in [2.05, 4.69) is 11.4 Å².